The molecule has 3 rings (SSSR count). The molecule has 1 aromatic carbocycles. The highest BCUT2D eigenvalue weighted by molar-refractivity contribution is 5.54. The molecular formula is C16H22N6. The highest BCUT2D eigenvalue weighted by atomic mass is 15.3. The van der Waals surface area contributed by atoms with Gasteiger partial charge in [-0.25, -0.2) is 0 Å². The first kappa shape index (κ1) is 14.7. The number of benzene rings is 1. The molecule has 0 bridgehead atoms. The van der Waals surface area contributed by atoms with Gasteiger partial charge in [0.25, 0.3) is 0 Å². The highest BCUT2D eigenvalue weighted by Gasteiger charge is 2.17. The third-order valence-electron chi connectivity index (χ3n) is 4.00. The van der Waals surface area contributed by atoms with Crippen molar-refractivity contribution in [1.82, 2.24) is 20.1 Å². The highest BCUT2D eigenvalue weighted by Crippen LogP contribution is 2.17. The maximum absolute atomic E-state index is 4.59. The van der Waals surface area contributed by atoms with Crippen molar-refractivity contribution in [1.29, 1.82) is 0 Å². The number of aromatic nitrogens is 3. The van der Waals surface area contributed by atoms with E-state index in [9.17, 15) is 0 Å². The number of nitrogens with one attached hydrogen (secondary N) is 1. The van der Waals surface area contributed by atoms with Crippen LogP contribution in [0.5, 0.6) is 0 Å². The molecule has 1 aliphatic rings. The van der Waals surface area contributed by atoms with E-state index in [-0.39, 0.29) is 0 Å². The fraction of sp³-hybridized carbons (Fsp3) is 0.438. The van der Waals surface area contributed by atoms with Gasteiger partial charge in [0.15, 0.2) is 5.82 Å². The van der Waals surface area contributed by atoms with Crippen molar-refractivity contribution < 1.29 is 0 Å². The first-order valence-corrected chi connectivity index (χ1v) is 7.75. The van der Waals surface area contributed by atoms with Crippen LogP contribution in [-0.2, 0) is 0 Å². The molecule has 0 atom stereocenters. The molecule has 0 amide bonds. The Labute approximate surface area is 131 Å². The molecule has 0 aliphatic carbocycles. The predicted molar refractivity (Wildman–Crippen MR) is 88.6 cm³/mol. The van der Waals surface area contributed by atoms with E-state index >= 15 is 0 Å². The van der Waals surface area contributed by atoms with Crippen LogP contribution >= 0.6 is 0 Å². The summed E-state index contributed by atoms with van der Waals surface area (Å²) in [4.78, 5) is 9.29. The minimum Gasteiger partial charge on any atom is -0.353 e. The summed E-state index contributed by atoms with van der Waals surface area (Å²) >= 11 is 0. The van der Waals surface area contributed by atoms with E-state index in [1.54, 1.807) is 6.20 Å². The maximum Gasteiger partial charge on any atom is 0.249 e. The van der Waals surface area contributed by atoms with Crippen molar-refractivity contribution in [3.63, 3.8) is 0 Å². The molecule has 0 spiro atoms. The zero-order chi connectivity index (χ0) is 15.4. The fourth-order valence-electron chi connectivity index (χ4n) is 2.56. The topological polar surface area (TPSA) is 57.2 Å². The molecule has 0 saturated carbocycles. The zero-order valence-electron chi connectivity index (χ0n) is 13.2. The van der Waals surface area contributed by atoms with Gasteiger partial charge in [-0.3, -0.25) is 0 Å². The Morgan fingerprint density at radius 1 is 1.09 bits per heavy atom. The summed E-state index contributed by atoms with van der Waals surface area (Å²) in [6.45, 7) is 9.48. The van der Waals surface area contributed by atoms with E-state index in [1.807, 2.05) is 12.1 Å². The summed E-state index contributed by atoms with van der Waals surface area (Å²) in [5.41, 5.74) is 2.20. The third-order valence-corrected chi connectivity index (χ3v) is 4.00. The minimum atomic E-state index is 0.541. The van der Waals surface area contributed by atoms with Gasteiger partial charge in [0.2, 0.25) is 5.95 Å². The second kappa shape index (κ2) is 6.70. The van der Waals surface area contributed by atoms with E-state index < -0.39 is 0 Å². The van der Waals surface area contributed by atoms with E-state index in [0.717, 1.165) is 44.2 Å². The Morgan fingerprint density at radius 2 is 1.82 bits per heavy atom. The molecule has 2 aromatic rings. The number of aryl methyl sites for hydroxylation is 1. The minimum absolute atomic E-state index is 0.541. The second-order valence-electron chi connectivity index (χ2n) is 5.55. The Bertz CT molecular complexity index is 604. The Kier molecular flexibility index (Phi) is 4.48. The molecule has 1 aromatic heterocycles. The smallest absolute Gasteiger partial charge is 0.249 e. The summed E-state index contributed by atoms with van der Waals surface area (Å²) in [6.07, 6.45) is 1.74. The van der Waals surface area contributed by atoms with Gasteiger partial charge in [0.05, 0.1) is 6.20 Å². The Morgan fingerprint density at radius 3 is 2.50 bits per heavy atom. The molecule has 6 nitrogen and oxygen atoms in total. The molecule has 6 heteroatoms. The number of piperazine rings is 1. The summed E-state index contributed by atoms with van der Waals surface area (Å²) < 4.78 is 0. The van der Waals surface area contributed by atoms with Crippen molar-refractivity contribution in [2.45, 2.75) is 13.8 Å². The van der Waals surface area contributed by atoms with Crippen molar-refractivity contribution >= 4 is 17.5 Å². The molecule has 22 heavy (non-hydrogen) atoms. The lowest BCUT2D eigenvalue weighted by Gasteiger charge is -2.34. The van der Waals surface area contributed by atoms with E-state index in [1.165, 1.54) is 5.56 Å². The van der Waals surface area contributed by atoms with Crippen LogP contribution in [0.4, 0.5) is 17.5 Å². The molecular weight excluding hydrogens is 276 g/mol. The average molecular weight is 298 g/mol. The van der Waals surface area contributed by atoms with Gasteiger partial charge >= 0.3 is 0 Å². The van der Waals surface area contributed by atoms with Crippen molar-refractivity contribution in [2.75, 3.05) is 42.9 Å². The first-order chi connectivity index (χ1) is 10.7. The van der Waals surface area contributed by atoms with Gasteiger partial charge in [-0.1, -0.05) is 24.6 Å². The second-order valence-corrected chi connectivity index (χ2v) is 5.55. The van der Waals surface area contributed by atoms with E-state index in [0.29, 0.717) is 5.95 Å². The fourth-order valence-corrected chi connectivity index (χ4v) is 2.56. The van der Waals surface area contributed by atoms with Gasteiger partial charge < -0.3 is 15.1 Å². The van der Waals surface area contributed by atoms with E-state index in [2.05, 4.69) is 56.3 Å². The largest absolute Gasteiger partial charge is 0.353 e. The normalized spacial score (nSPS) is 15.8. The van der Waals surface area contributed by atoms with Crippen LogP contribution in [0.3, 0.4) is 0 Å². The summed E-state index contributed by atoms with van der Waals surface area (Å²) in [5, 5.41) is 11.4. The third kappa shape index (κ3) is 3.51. The van der Waals surface area contributed by atoms with Crippen LogP contribution in [0.25, 0.3) is 0 Å². The Hall–Kier alpha value is -2.21. The molecule has 1 aliphatic heterocycles. The quantitative estimate of drug-likeness (QED) is 0.932. The molecule has 1 N–H and O–H groups in total. The first-order valence-electron chi connectivity index (χ1n) is 7.75. The average Bonchev–Trinajstić information content (AvgIpc) is 2.57. The Balaban J connectivity index is 1.68. The standard InChI is InChI=1S/C16H22N6/c1-3-21-8-10-22(11-9-21)15-12-17-20-16(19-15)18-14-6-4-13(2)5-7-14/h4-7,12H,3,8-11H2,1-2H3,(H,18,19,20). The van der Waals surface area contributed by atoms with Gasteiger partial charge in [0, 0.05) is 31.9 Å². The van der Waals surface area contributed by atoms with Gasteiger partial charge in [-0.05, 0) is 25.6 Å². The number of hydrogen-bond acceptors (Lipinski definition) is 6. The summed E-state index contributed by atoms with van der Waals surface area (Å²) in [6, 6.07) is 8.16. The van der Waals surface area contributed by atoms with Gasteiger partial charge in [0.1, 0.15) is 0 Å². The summed E-state index contributed by atoms with van der Waals surface area (Å²) in [5.74, 6) is 1.43. The molecule has 0 radical (unpaired) electrons. The molecule has 1 fully saturated rings. The number of anilines is 3. The predicted octanol–water partition coefficient (Wildman–Crippen LogP) is 2.07. The number of rotatable bonds is 4. The number of nitrogens with zero attached hydrogens (tertiary/aromatic N) is 5. The lowest BCUT2D eigenvalue weighted by molar-refractivity contribution is 0.270. The van der Waals surface area contributed by atoms with Gasteiger partial charge in [-0.15, -0.1) is 5.10 Å². The van der Waals surface area contributed by atoms with Crippen LogP contribution in [-0.4, -0.2) is 52.8 Å². The monoisotopic (exact) mass is 298 g/mol. The van der Waals surface area contributed by atoms with Crippen molar-refractivity contribution in [2.24, 2.45) is 0 Å². The van der Waals surface area contributed by atoms with E-state index in [4.69, 9.17) is 0 Å². The summed E-state index contributed by atoms with van der Waals surface area (Å²) in [7, 11) is 0. The van der Waals surface area contributed by atoms with Crippen molar-refractivity contribution in [3.05, 3.63) is 36.0 Å². The molecule has 0 unspecified atom stereocenters. The number of hydrogen-bond donors (Lipinski definition) is 1. The molecule has 116 valence electrons. The van der Waals surface area contributed by atoms with Crippen molar-refractivity contribution in [3.8, 4) is 0 Å². The van der Waals surface area contributed by atoms with Crippen LogP contribution in [0.2, 0.25) is 0 Å². The zero-order valence-corrected chi connectivity index (χ0v) is 13.2. The molecule has 2 heterocycles. The molecule has 1 saturated heterocycles. The van der Waals surface area contributed by atoms with Crippen LogP contribution < -0.4 is 10.2 Å². The van der Waals surface area contributed by atoms with Crippen LogP contribution in [0, 0.1) is 6.92 Å². The SMILES string of the molecule is CCN1CCN(c2cnnc(Nc3ccc(C)cc3)n2)CC1. The maximum atomic E-state index is 4.59. The lowest BCUT2D eigenvalue weighted by Crippen LogP contribution is -2.46. The number of likely N-dealkylation sites (N-methyl/N-ethyl adjacent to an activating group) is 1. The van der Waals surface area contributed by atoms with Gasteiger partial charge in [-0.2, -0.15) is 10.1 Å². The van der Waals surface area contributed by atoms with Crippen LogP contribution in [0.15, 0.2) is 30.5 Å². The van der Waals surface area contributed by atoms with Crippen LogP contribution in [0.1, 0.15) is 12.5 Å². The lowest BCUT2D eigenvalue weighted by atomic mass is 10.2.